The fourth-order valence-corrected chi connectivity index (χ4v) is 6.21. The molecule has 1 aliphatic carbocycles. The lowest BCUT2D eigenvalue weighted by molar-refractivity contribution is -0.118. The van der Waals surface area contributed by atoms with Crippen LogP contribution in [0.15, 0.2) is 71.8 Å². The fourth-order valence-electron chi connectivity index (χ4n) is 4.91. The van der Waals surface area contributed by atoms with E-state index in [2.05, 4.69) is 58.2 Å². The van der Waals surface area contributed by atoms with Crippen LogP contribution in [0, 0.1) is 5.82 Å². The number of nitrogens with one attached hydrogen (secondary N) is 1. The third-order valence-electron chi connectivity index (χ3n) is 6.95. The smallest absolute Gasteiger partial charge is 0.282 e. The molecule has 0 saturated heterocycles. The van der Waals surface area contributed by atoms with Gasteiger partial charge in [0.15, 0.2) is 18.1 Å². The number of nitrogens with zero attached hydrogens (tertiary/aromatic N) is 3. The summed E-state index contributed by atoms with van der Waals surface area (Å²) in [6.45, 7) is -0.343. The van der Waals surface area contributed by atoms with Gasteiger partial charge in [0, 0.05) is 26.1 Å². The topological polar surface area (TPSA) is 94.8 Å². The number of benzene rings is 3. The molecular formula is C30H26Br3FN4O4. The highest BCUT2D eigenvalue weighted by Gasteiger charge is 2.23. The molecule has 12 heteroatoms. The second-order valence-corrected chi connectivity index (χ2v) is 12.3. The van der Waals surface area contributed by atoms with Gasteiger partial charge in [-0.1, -0.05) is 41.3 Å². The number of amides is 1. The summed E-state index contributed by atoms with van der Waals surface area (Å²) in [4.78, 5) is 31.0. The molecule has 1 heterocycles. The van der Waals surface area contributed by atoms with Crippen molar-refractivity contribution in [1.82, 2.24) is 9.66 Å². The zero-order valence-corrected chi connectivity index (χ0v) is 27.3. The lowest BCUT2D eigenvalue weighted by atomic mass is 9.88. The van der Waals surface area contributed by atoms with Crippen molar-refractivity contribution in [2.45, 2.75) is 38.0 Å². The summed E-state index contributed by atoms with van der Waals surface area (Å²) in [5, 5.41) is 7.69. The monoisotopic (exact) mass is 762 g/mol. The standard InChI is InChI=1S/C30H26Br3FN4O4/c1-41-24-12-18(26(32)27(33)28(24)42-16-25(39)36-21-9-5-8-20(34)14-21)15-35-38-29(17-6-3-2-4-7-17)37-23-11-10-19(31)13-22(23)30(38)40/h5,8-15,17H,2-4,6-7,16H2,1H3,(H,36,39). The van der Waals surface area contributed by atoms with Gasteiger partial charge in [-0.15, -0.1) is 0 Å². The van der Waals surface area contributed by atoms with Crippen molar-refractivity contribution in [3.05, 3.63) is 89.5 Å². The minimum atomic E-state index is -0.471. The number of halogens is 4. The molecule has 1 fully saturated rings. The van der Waals surface area contributed by atoms with Crippen LogP contribution in [0.1, 0.15) is 49.4 Å². The van der Waals surface area contributed by atoms with E-state index in [4.69, 9.17) is 14.5 Å². The minimum absolute atomic E-state index is 0.135. The highest BCUT2D eigenvalue weighted by atomic mass is 79.9. The molecule has 1 aromatic heterocycles. The predicted octanol–water partition coefficient (Wildman–Crippen LogP) is 7.78. The third kappa shape index (κ3) is 6.76. The summed E-state index contributed by atoms with van der Waals surface area (Å²) in [6.07, 6.45) is 6.81. The van der Waals surface area contributed by atoms with Crippen molar-refractivity contribution >= 4 is 76.5 Å². The van der Waals surface area contributed by atoms with Gasteiger partial charge in [-0.2, -0.15) is 9.78 Å². The number of methoxy groups -OCH3 is 1. The molecule has 1 saturated carbocycles. The van der Waals surface area contributed by atoms with Gasteiger partial charge in [-0.05, 0) is 87.2 Å². The molecule has 0 aliphatic heterocycles. The van der Waals surface area contributed by atoms with Gasteiger partial charge < -0.3 is 14.8 Å². The van der Waals surface area contributed by atoms with Crippen molar-refractivity contribution in [3.63, 3.8) is 0 Å². The Morgan fingerprint density at radius 3 is 2.64 bits per heavy atom. The van der Waals surface area contributed by atoms with Gasteiger partial charge >= 0.3 is 0 Å². The van der Waals surface area contributed by atoms with Crippen LogP contribution in [0.2, 0.25) is 0 Å². The van der Waals surface area contributed by atoms with Gasteiger partial charge in [-0.3, -0.25) is 9.59 Å². The fraction of sp³-hybridized carbons (Fsp3) is 0.267. The molecule has 0 unspecified atom stereocenters. The molecular weight excluding hydrogens is 739 g/mol. The van der Waals surface area contributed by atoms with Crippen molar-refractivity contribution in [3.8, 4) is 11.5 Å². The molecule has 0 radical (unpaired) electrons. The van der Waals surface area contributed by atoms with Gasteiger partial charge in [0.2, 0.25) is 0 Å². The maximum atomic E-state index is 13.7. The van der Waals surface area contributed by atoms with E-state index in [1.165, 1.54) is 36.4 Å². The Kier molecular flexibility index (Phi) is 9.74. The SMILES string of the molecule is COc1cc(C=Nn2c(C3CCCCC3)nc3ccc(Br)cc3c2=O)c(Br)c(Br)c1OCC(=O)Nc1cccc(F)c1. The van der Waals surface area contributed by atoms with Crippen LogP contribution in [0.25, 0.3) is 10.9 Å². The van der Waals surface area contributed by atoms with Crippen LogP contribution in [-0.4, -0.2) is 35.5 Å². The molecule has 3 aromatic carbocycles. The molecule has 0 spiro atoms. The highest BCUT2D eigenvalue weighted by Crippen LogP contribution is 2.42. The van der Waals surface area contributed by atoms with Crippen LogP contribution < -0.4 is 20.3 Å². The number of carbonyl (C=O) groups is 1. The Hall–Kier alpha value is -3.09. The molecule has 5 rings (SSSR count). The molecule has 1 N–H and O–H groups in total. The van der Waals surface area contributed by atoms with E-state index in [0.29, 0.717) is 42.7 Å². The summed E-state index contributed by atoms with van der Waals surface area (Å²) in [6, 6.07) is 12.8. The predicted molar refractivity (Wildman–Crippen MR) is 171 cm³/mol. The highest BCUT2D eigenvalue weighted by molar-refractivity contribution is 9.13. The van der Waals surface area contributed by atoms with E-state index in [-0.39, 0.29) is 23.8 Å². The number of rotatable bonds is 8. The lowest BCUT2D eigenvalue weighted by Gasteiger charge is -2.22. The first kappa shape index (κ1) is 30.4. The summed E-state index contributed by atoms with van der Waals surface area (Å²) in [7, 11) is 1.48. The lowest BCUT2D eigenvalue weighted by Crippen LogP contribution is -2.25. The first-order valence-electron chi connectivity index (χ1n) is 13.3. The van der Waals surface area contributed by atoms with E-state index in [0.717, 1.165) is 30.2 Å². The van der Waals surface area contributed by atoms with E-state index >= 15 is 0 Å². The second-order valence-electron chi connectivity index (χ2n) is 9.80. The summed E-state index contributed by atoms with van der Waals surface area (Å²) in [5.41, 5.74) is 1.32. The third-order valence-corrected chi connectivity index (χ3v) is 9.58. The maximum Gasteiger partial charge on any atom is 0.282 e. The first-order valence-corrected chi connectivity index (χ1v) is 15.6. The summed E-state index contributed by atoms with van der Waals surface area (Å²) in [5.74, 6) is 0.479. The van der Waals surface area contributed by atoms with Gasteiger partial charge in [-0.25, -0.2) is 9.37 Å². The molecule has 4 aromatic rings. The molecule has 218 valence electrons. The van der Waals surface area contributed by atoms with Crippen molar-refractivity contribution in [2.75, 3.05) is 19.0 Å². The van der Waals surface area contributed by atoms with Gasteiger partial charge in [0.05, 0.1) is 28.7 Å². The Labute approximate surface area is 266 Å². The number of hydrogen-bond donors (Lipinski definition) is 1. The first-order chi connectivity index (χ1) is 20.2. The molecule has 42 heavy (non-hydrogen) atoms. The minimum Gasteiger partial charge on any atom is -0.493 e. The molecule has 8 nitrogen and oxygen atoms in total. The zero-order chi connectivity index (χ0) is 29.8. The average molecular weight is 765 g/mol. The number of carbonyl (C=O) groups excluding carboxylic acids is 1. The normalized spacial score (nSPS) is 13.9. The molecule has 1 amide bonds. The number of anilines is 1. The Morgan fingerprint density at radius 1 is 1.12 bits per heavy atom. The van der Waals surface area contributed by atoms with Crippen LogP contribution in [-0.2, 0) is 4.79 Å². The number of ether oxygens (including phenoxy) is 2. The zero-order valence-electron chi connectivity index (χ0n) is 22.5. The molecule has 0 atom stereocenters. The van der Waals surface area contributed by atoms with Crippen molar-refractivity contribution in [1.29, 1.82) is 0 Å². The number of hydrogen-bond acceptors (Lipinski definition) is 6. The Morgan fingerprint density at radius 2 is 1.90 bits per heavy atom. The largest absolute Gasteiger partial charge is 0.493 e. The van der Waals surface area contributed by atoms with Gasteiger partial charge in [0.25, 0.3) is 11.5 Å². The summed E-state index contributed by atoms with van der Waals surface area (Å²) < 4.78 is 28.0. The van der Waals surface area contributed by atoms with Crippen LogP contribution in [0.5, 0.6) is 11.5 Å². The quantitative estimate of drug-likeness (QED) is 0.185. The number of aromatic nitrogens is 2. The van der Waals surface area contributed by atoms with E-state index in [1.54, 1.807) is 24.4 Å². The van der Waals surface area contributed by atoms with Crippen LogP contribution in [0.3, 0.4) is 0 Å². The Bertz CT molecular complexity index is 1740. The maximum absolute atomic E-state index is 13.7. The molecule has 1 aliphatic rings. The van der Waals surface area contributed by atoms with E-state index < -0.39 is 11.7 Å². The van der Waals surface area contributed by atoms with Crippen molar-refractivity contribution in [2.24, 2.45) is 5.10 Å². The van der Waals surface area contributed by atoms with Crippen LogP contribution >= 0.6 is 47.8 Å². The number of fused-ring (bicyclic) bond motifs is 1. The van der Waals surface area contributed by atoms with Crippen molar-refractivity contribution < 1.29 is 18.7 Å². The average Bonchev–Trinajstić information content (AvgIpc) is 2.98. The van der Waals surface area contributed by atoms with E-state index in [1.807, 2.05) is 12.1 Å². The van der Waals surface area contributed by atoms with E-state index in [9.17, 15) is 14.0 Å². The molecule has 0 bridgehead atoms. The van der Waals surface area contributed by atoms with Gasteiger partial charge in [0.1, 0.15) is 11.6 Å². The Balaban J connectivity index is 1.45. The summed E-state index contributed by atoms with van der Waals surface area (Å²) >= 11 is 10.6. The second kappa shape index (κ2) is 13.5. The van der Waals surface area contributed by atoms with Crippen LogP contribution in [0.4, 0.5) is 10.1 Å².